The lowest BCUT2D eigenvalue weighted by molar-refractivity contribution is -0.0703. The summed E-state index contributed by atoms with van der Waals surface area (Å²) in [4.78, 5) is 0. The number of fused-ring (bicyclic) bond motifs is 5. The maximum atomic E-state index is 9.83. The number of unbranched alkanes of at least 4 members (excludes halogenated alkanes) is 2. The van der Waals surface area contributed by atoms with Crippen LogP contribution in [-0.4, -0.2) is 11.2 Å². The summed E-state index contributed by atoms with van der Waals surface area (Å²) in [6.45, 7) is 4.34. The van der Waals surface area contributed by atoms with Crippen molar-refractivity contribution in [2.45, 2.75) is 70.0 Å². The predicted octanol–water partition coefficient (Wildman–Crippen LogP) is 5.10. The summed E-state index contributed by atoms with van der Waals surface area (Å²) in [7, 11) is 0. The number of hydrogen-bond donors (Lipinski definition) is 0. The van der Waals surface area contributed by atoms with E-state index in [4.69, 9.17) is 14.2 Å². The molecule has 1 unspecified atom stereocenters. The van der Waals surface area contributed by atoms with E-state index in [-0.39, 0.29) is 5.92 Å². The van der Waals surface area contributed by atoms with Crippen LogP contribution in [0.25, 0.3) is 0 Å². The van der Waals surface area contributed by atoms with Gasteiger partial charge in [0, 0.05) is 6.42 Å². The summed E-state index contributed by atoms with van der Waals surface area (Å²) in [5, 5.41) is 9.83. The number of benzene rings is 1. The molecular formula is C21H25NO3. The standard InChI is InChI=1S/C21H25NO3/c1-3-5-11-20-13-15(14-22)21(25-20,12-6-4-2)19-18(20)23-16-9-7-8-10-17(16)24-19/h7-10,15H,3-6,11-13H2,1-2H3/t15?,20-,21+/m0/s1. The molecule has 132 valence electrons. The number of nitriles is 1. The molecule has 0 aliphatic carbocycles. The second-order valence-corrected chi connectivity index (χ2v) is 7.39. The fraction of sp³-hybridized carbons (Fsp3) is 0.571. The summed E-state index contributed by atoms with van der Waals surface area (Å²) in [6.07, 6.45) is 6.58. The second-order valence-electron chi connectivity index (χ2n) is 7.39. The Balaban J connectivity index is 1.79. The summed E-state index contributed by atoms with van der Waals surface area (Å²) in [5.41, 5.74) is -1.16. The zero-order chi connectivity index (χ0) is 17.5. The number of hydrogen-bond acceptors (Lipinski definition) is 4. The fourth-order valence-electron chi connectivity index (χ4n) is 4.47. The van der Waals surface area contributed by atoms with E-state index in [1.165, 1.54) is 0 Å². The van der Waals surface area contributed by atoms with Gasteiger partial charge in [-0.3, -0.25) is 0 Å². The van der Waals surface area contributed by atoms with E-state index in [9.17, 15) is 5.26 Å². The molecule has 3 aliphatic rings. The fourth-order valence-corrected chi connectivity index (χ4v) is 4.47. The highest BCUT2D eigenvalue weighted by atomic mass is 16.6. The summed E-state index contributed by atoms with van der Waals surface area (Å²) >= 11 is 0. The van der Waals surface area contributed by atoms with Gasteiger partial charge in [0.15, 0.2) is 23.0 Å². The third kappa shape index (κ3) is 2.29. The third-order valence-electron chi connectivity index (χ3n) is 5.74. The van der Waals surface area contributed by atoms with Gasteiger partial charge in [-0.15, -0.1) is 0 Å². The van der Waals surface area contributed by atoms with Crippen molar-refractivity contribution in [3.8, 4) is 17.6 Å². The van der Waals surface area contributed by atoms with Gasteiger partial charge in [-0.2, -0.15) is 5.26 Å². The van der Waals surface area contributed by atoms with Crippen molar-refractivity contribution in [2.75, 3.05) is 0 Å². The lowest BCUT2D eigenvalue weighted by Crippen LogP contribution is -2.40. The molecule has 1 saturated heterocycles. The molecule has 1 aromatic carbocycles. The van der Waals surface area contributed by atoms with E-state index in [1.54, 1.807) is 0 Å². The van der Waals surface area contributed by atoms with Crippen molar-refractivity contribution in [3.05, 3.63) is 35.8 Å². The number of ether oxygens (including phenoxy) is 3. The zero-order valence-corrected chi connectivity index (χ0v) is 15.0. The molecule has 4 heteroatoms. The molecule has 0 radical (unpaired) electrons. The third-order valence-corrected chi connectivity index (χ3v) is 5.74. The monoisotopic (exact) mass is 339 g/mol. The number of rotatable bonds is 6. The first kappa shape index (κ1) is 16.5. The lowest BCUT2D eigenvalue weighted by Gasteiger charge is -2.35. The van der Waals surface area contributed by atoms with Crippen LogP contribution in [0.15, 0.2) is 35.8 Å². The van der Waals surface area contributed by atoms with Crippen LogP contribution in [0.3, 0.4) is 0 Å². The SMILES string of the molecule is CCCC[C@@]12CC(C#N)[C@@](CCCC)(O1)C1=C2Oc2ccccc2O1. The van der Waals surface area contributed by atoms with Gasteiger partial charge in [-0.1, -0.05) is 51.7 Å². The molecular weight excluding hydrogens is 314 g/mol. The van der Waals surface area contributed by atoms with Crippen molar-refractivity contribution in [1.82, 2.24) is 0 Å². The molecule has 0 aromatic heterocycles. The largest absolute Gasteiger partial charge is 0.451 e. The summed E-state index contributed by atoms with van der Waals surface area (Å²) in [5.74, 6) is 2.86. The first-order chi connectivity index (χ1) is 12.2. The minimum Gasteiger partial charge on any atom is -0.451 e. The molecule has 0 N–H and O–H groups in total. The van der Waals surface area contributed by atoms with E-state index in [2.05, 4.69) is 19.9 Å². The minimum atomic E-state index is -0.651. The molecule has 3 heterocycles. The molecule has 0 saturated carbocycles. The Kier molecular flexibility index (Phi) is 4.00. The van der Waals surface area contributed by atoms with Crippen LogP contribution in [0, 0.1) is 17.2 Å². The van der Waals surface area contributed by atoms with Gasteiger partial charge in [0.2, 0.25) is 0 Å². The highest BCUT2D eigenvalue weighted by Gasteiger charge is 2.69. The molecule has 1 fully saturated rings. The van der Waals surface area contributed by atoms with E-state index in [0.29, 0.717) is 6.42 Å². The molecule has 25 heavy (non-hydrogen) atoms. The number of nitrogens with zero attached hydrogens (tertiary/aromatic N) is 1. The number of para-hydroxylation sites is 2. The van der Waals surface area contributed by atoms with E-state index in [1.807, 2.05) is 24.3 Å². The smallest absolute Gasteiger partial charge is 0.179 e. The topological polar surface area (TPSA) is 51.5 Å². The van der Waals surface area contributed by atoms with Crippen LogP contribution in [-0.2, 0) is 4.74 Å². The average Bonchev–Trinajstić information content (AvgIpc) is 3.12. The average molecular weight is 339 g/mol. The zero-order valence-electron chi connectivity index (χ0n) is 15.0. The van der Waals surface area contributed by atoms with Gasteiger partial charge in [-0.25, -0.2) is 0 Å². The maximum Gasteiger partial charge on any atom is 0.179 e. The highest BCUT2D eigenvalue weighted by Crippen LogP contribution is 2.62. The van der Waals surface area contributed by atoms with Crippen molar-refractivity contribution in [3.63, 3.8) is 0 Å². The summed E-state index contributed by atoms with van der Waals surface area (Å²) in [6, 6.07) is 10.2. The van der Waals surface area contributed by atoms with Crippen LogP contribution in [0.5, 0.6) is 11.5 Å². The first-order valence-corrected chi connectivity index (χ1v) is 9.49. The Labute approximate surface area is 149 Å². The Morgan fingerprint density at radius 1 is 1.04 bits per heavy atom. The van der Waals surface area contributed by atoms with Crippen LogP contribution >= 0.6 is 0 Å². The van der Waals surface area contributed by atoms with Crippen molar-refractivity contribution < 1.29 is 14.2 Å². The molecule has 0 spiro atoms. The van der Waals surface area contributed by atoms with Gasteiger partial charge in [0.05, 0.1) is 12.0 Å². The first-order valence-electron chi connectivity index (χ1n) is 9.49. The molecule has 3 atom stereocenters. The lowest BCUT2D eigenvalue weighted by atomic mass is 9.73. The molecule has 1 aromatic rings. The minimum absolute atomic E-state index is 0.177. The van der Waals surface area contributed by atoms with Gasteiger partial charge in [-0.05, 0) is 25.0 Å². The Morgan fingerprint density at radius 2 is 1.68 bits per heavy atom. The van der Waals surface area contributed by atoms with Crippen LogP contribution in [0.4, 0.5) is 0 Å². The van der Waals surface area contributed by atoms with Crippen LogP contribution in [0.2, 0.25) is 0 Å². The van der Waals surface area contributed by atoms with Crippen molar-refractivity contribution in [1.29, 1.82) is 5.26 Å². The Morgan fingerprint density at radius 3 is 2.32 bits per heavy atom. The highest BCUT2D eigenvalue weighted by molar-refractivity contribution is 5.51. The molecule has 4 rings (SSSR count). The van der Waals surface area contributed by atoms with E-state index < -0.39 is 11.2 Å². The Hall–Kier alpha value is -1.99. The van der Waals surface area contributed by atoms with Gasteiger partial charge >= 0.3 is 0 Å². The second kappa shape index (κ2) is 6.07. The quantitative estimate of drug-likeness (QED) is 0.723. The predicted molar refractivity (Wildman–Crippen MR) is 94.0 cm³/mol. The van der Waals surface area contributed by atoms with Gasteiger partial charge in [0.25, 0.3) is 0 Å². The van der Waals surface area contributed by atoms with Gasteiger partial charge < -0.3 is 14.2 Å². The maximum absolute atomic E-state index is 9.83. The molecule has 0 amide bonds. The van der Waals surface area contributed by atoms with Crippen LogP contribution < -0.4 is 9.47 Å². The molecule has 2 bridgehead atoms. The van der Waals surface area contributed by atoms with E-state index in [0.717, 1.165) is 61.5 Å². The van der Waals surface area contributed by atoms with Crippen molar-refractivity contribution in [2.24, 2.45) is 5.92 Å². The van der Waals surface area contributed by atoms with E-state index >= 15 is 0 Å². The molecule has 3 aliphatic heterocycles. The molecule has 4 nitrogen and oxygen atoms in total. The van der Waals surface area contributed by atoms with Crippen molar-refractivity contribution >= 4 is 0 Å². The summed E-state index contributed by atoms with van der Waals surface area (Å²) < 4.78 is 19.3. The normalized spacial score (nSPS) is 31.8. The Bertz CT molecular complexity index is 750. The van der Waals surface area contributed by atoms with Gasteiger partial charge in [0.1, 0.15) is 11.2 Å². The van der Waals surface area contributed by atoms with Crippen LogP contribution in [0.1, 0.15) is 58.8 Å².